The highest BCUT2D eigenvalue weighted by atomic mass is 16.3. The molecule has 3 heteroatoms. The van der Waals surface area contributed by atoms with Crippen molar-refractivity contribution in [2.75, 3.05) is 0 Å². The van der Waals surface area contributed by atoms with Gasteiger partial charge in [-0.05, 0) is 91.6 Å². The Morgan fingerprint density at radius 3 is 2.60 bits per heavy atom. The number of fused-ring (bicyclic) bond motifs is 1. The molecule has 166 valence electrons. The van der Waals surface area contributed by atoms with Gasteiger partial charge in [-0.2, -0.15) is 0 Å². The smallest absolute Gasteiger partial charge is 0.0811 e. The lowest BCUT2D eigenvalue weighted by Crippen LogP contribution is -2.35. The molecule has 4 fully saturated rings. The van der Waals surface area contributed by atoms with Gasteiger partial charge in [0.1, 0.15) is 0 Å². The van der Waals surface area contributed by atoms with Crippen molar-refractivity contribution in [1.82, 2.24) is 0 Å². The summed E-state index contributed by atoms with van der Waals surface area (Å²) in [5.74, 6) is 2.28. The van der Waals surface area contributed by atoms with Crippen LogP contribution in [0.5, 0.6) is 0 Å². The number of hydrogen-bond acceptors (Lipinski definition) is 3. The fourth-order valence-corrected chi connectivity index (χ4v) is 6.63. The van der Waals surface area contributed by atoms with Gasteiger partial charge in [0.25, 0.3) is 0 Å². The van der Waals surface area contributed by atoms with Gasteiger partial charge in [-0.25, -0.2) is 0 Å². The molecule has 0 bridgehead atoms. The molecule has 0 aromatic rings. The average Bonchev–Trinajstić information content (AvgIpc) is 3.49. The molecule has 0 aromatic carbocycles. The van der Waals surface area contributed by atoms with Crippen molar-refractivity contribution in [3.05, 3.63) is 47.6 Å². The molecule has 0 spiro atoms. The molecule has 0 radical (unpaired) electrons. The summed E-state index contributed by atoms with van der Waals surface area (Å²) in [6, 6.07) is 0. The number of aliphatic hydroxyl groups excluding tert-OH is 3. The summed E-state index contributed by atoms with van der Waals surface area (Å²) < 4.78 is 0. The van der Waals surface area contributed by atoms with Crippen molar-refractivity contribution in [1.29, 1.82) is 0 Å². The first-order chi connectivity index (χ1) is 14.3. The van der Waals surface area contributed by atoms with Crippen LogP contribution in [-0.2, 0) is 0 Å². The van der Waals surface area contributed by atoms with E-state index in [9.17, 15) is 15.3 Å². The summed E-state index contributed by atoms with van der Waals surface area (Å²) in [4.78, 5) is 0. The SMILES string of the molecule is C=C1/C(=C\C=C2/CCC[C@]3(C)[C@@H]([C@H](C)C=C[C@H](O)C4CC4)CC[C@@H]23)C[C@@H](O)C[C@@H]1O. The van der Waals surface area contributed by atoms with Crippen LogP contribution in [0.1, 0.15) is 71.6 Å². The fourth-order valence-electron chi connectivity index (χ4n) is 6.63. The van der Waals surface area contributed by atoms with E-state index < -0.39 is 12.2 Å². The van der Waals surface area contributed by atoms with Crippen molar-refractivity contribution >= 4 is 0 Å². The predicted octanol–water partition coefficient (Wildman–Crippen LogP) is 5.09. The van der Waals surface area contributed by atoms with Crippen molar-refractivity contribution in [3.8, 4) is 0 Å². The zero-order valence-electron chi connectivity index (χ0n) is 18.8. The number of aliphatic hydroxyl groups is 3. The Morgan fingerprint density at radius 2 is 1.87 bits per heavy atom. The van der Waals surface area contributed by atoms with E-state index in [1.54, 1.807) is 0 Å². The number of allylic oxidation sites excluding steroid dienone is 4. The minimum absolute atomic E-state index is 0.250. The monoisotopic (exact) mass is 412 g/mol. The van der Waals surface area contributed by atoms with Gasteiger partial charge in [-0.1, -0.05) is 50.3 Å². The summed E-state index contributed by atoms with van der Waals surface area (Å²) in [6.07, 6.45) is 16.9. The molecule has 0 saturated heterocycles. The number of rotatable bonds is 5. The zero-order valence-corrected chi connectivity index (χ0v) is 18.8. The van der Waals surface area contributed by atoms with E-state index in [2.05, 4.69) is 44.7 Å². The Balaban J connectivity index is 1.48. The highest BCUT2D eigenvalue weighted by Gasteiger charge is 2.50. The Morgan fingerprint density at radius 1 is 1.10 bits per heavy atom. The van der Waals surface area contributed by atoms with Crippen LogP contribution in [0.4, 0.5) is 0 Å². The maximum absolute atomic E-state index is 10.2. The second-order valence-corrected chi connectivity index (χ2v) is 10.7. The van der Waals surface area contributed by atoms with E-state index >= 15 is 0 Å². The molecular weight excluding hydrogens is 372 g/mol. The minimum Gasteiger partial charge on any atom is -0.393 e. The van der Waals surface area contributed by atoms with Crippen LogP contribution in [0.15, 0.2) is 47.6 Å². The minimum atomic E-state index is -0.621. The van der Waals surface area contributed by atoms with E-state index in [0.717, 1.165) is 17.6 Å². The topological polar surface area (TPSA) is 60.7 Å². The second-order valence-electron chi connectivity index (χ2n) is 10.7. The van der Waals surface area contributed by atoms with Gasteiger partial charge in [-0.15, -0.1) is 0 Å². The molecular formula is C27H40O3. The van der Waals surface area contributed by atoms with Crippen LogP contribution in [-0.4, -0.2) is 33.6 Å². The lowest BCUT2D eigenvalue weighted by molar-refractivity contribution is 0.0862. The molecule has 4 aliphatic rings. The van der Waals surface area contributed by atoms with Gasteiger partial charge in [0.15, 0.2) is 0 Å². The van der Waals surface area contributed by atoms with Crippen LogP contribution in [0.2, 0.25) is 0 Å². The molecule has 4 rings (SSSR count). The first-order valence-corrected chi connectivity index (χ1v) is 12.1. The summed E-state index contributed by atoms with van der Waals surface area (Å²) in [5.41, 5.74) is 3.63. The van der Waals surface area contributed by atoms with E-state index in [0.29, 0.717) is 41.9 Å². The molecule has 3 nitrogen and oxygen atoms in total. The number of hydrogen-bond donors (Lipinski definition) is 3. The first kappa shape index (κ1) is 22.0. The molecule has 0 aliphatic heterocycles. The normalized spacial score (nSPS) is 42.1. The molecule has 3 N–H and O–H groups in total. The molecule has 30 heavy (non-hydrogen) atoms. The lowest BCUT2D eigenvalue weighted by atomic mass is 9.61. The van der Waals surface area contributed by atoms with Gasteiger partial charge in [0.05, 0.1) is 18.3 Å². The summed E-state index contributed by atoms with van der Waals surface area (Å²) >= 11 is 0. The van der Waals surface area contributed by atoms with Crippen molar-refractivity contribution in [2.45, 2.75) is 89.9 Å². The molecule has 4 saturated carbocycles. The molecule has 0 amide bonds. The van der Waals surface area contributed by atoms with E-state index in [4.69, 9.17) is 0 Å². The van der Waals surface area contributed by atoms with Gasteiger partial charge >= 0.3 is 0 Å². The van der Waals surface area contributed by atoms with E-state index in [-0.39, 0.29) is 6.10 Å². The molecule has 0 heterocycles. The van der Waals surface area contributed by atoms with Crippen LogP contribution in [0.25, 0.3) is 0 Å². The van der Waals surface area contributed by atoms with Crippen LogP contribution in [0, 0.1) is 29.1 Å². The van der Waals surface area contributed by atoms with Crippen LogP contribution >= 0.6 is 0 Å². The molecule has 7 atom stereocenters. The lowest BCUT2D eigenvalue weighted by Gasteiger charge is -2.44. The Bertz CT molecular complexity index is 743. The van der Waals surface area contributed by atoms with Crippen LogP contribution in [0.3, 0.4) is 0 Å². The second kappa shape index (κ2) is 8.76. The average molecular weight is 413 g/mol. The standard InChI is InChI=1S/C27H40O3/c1-17(6-13-25(29)20-8-9-20)23-11-12-24-19(5-4-14-27(23,24)3)7-10-21-15-22(28)16-26(30)18(21)2/h6-7,10,13,17,20,22-26,28-30H,2,4-5,8-9,11-12,14-16H2,1,3H3/b13-6?,19-7+,21-10-/t17-,22-,23-,24+,25+,26+,27-/m1/s1. The van der Waals surface area contributed by atoms with Crippen molar-refractivity contribution in [2.24, 2.45) is 29.1 Å². The maximum Gasteiger partial charge on any atom is 0.0811 e. The molecule has 4 aliphatic carbocycles. The molecule has 0 unspecified atom stereocenters. The highest BCUT2D eigenvalue weighted by molar-refractivity contribution is 5.38. The van der Waals surface area contributed by atoms with Gasteiger partial charge < -0.3 is 15.3 Å². The molecule has 0 aromatic heterocycles. The third kappa shape index (κ3) is 4.40. The summed E-state index contributed by atoms with van der Waals surface area (Å²) in [5, 5.41) is 30.4. The Labute approximate surface area is 182 Å². The van der Waals surface area contributed by atoms with Gasteiger partial charge in [0.2, 0.25) is 0 Å². The predicted molar refractivity (Wildman–Crippen MR) is 122 cm³/mol. The Kier molecular flexibility index (Phi) is 6.44. The summed E-state index contributed by atoms with van der Waals surface area (Å²) in [7, 11) is 0. The summed E-state index contributed by atoms with van der Waals surface area (Å²) in [6.45, 7) is 8.88. The quantitative estimate of drug-likeness (QED) is 0.551. The van der Waals surface area contributed by atoms with Gasteiger partial charge in [-0.3, -0.25) is 0 Å². The van der Waals surface area contributed by atoms with E-state index in [1.165, 1.54) is 44.1 Å². The van der Waals surface area contributed by atoms with Gasteiger partial charge in [0, 0.05) is 6.42 Å². The van der Waals surface area contributed by atoms with E-state index in [1.807, 2.05) is 0 Å². The zero-order chi connectivity index (χ0) is 21.5. The maximum atomic E-state index is 10.2. The van der Waals surface area contributed by atoms with Crippen LogP contribution < -0.4 is 0 Å². The largest absolute Gasteiger partial charge is 0.393 e. The first-order valence-electron chi connectivity index (χ1n) is 12.1. The highest BCUT2D eigenvalue weighted by Crippen LogP contribution is 2.59. The fraction of sp³-hybridized carbons (Fsp3) is 0.704. The Hall–Kier alpha value is -1.16. The van der Waals surface area contributed by atoms with Crippen molar-refractivity contribution < 1.29 is 15.3 Å². The third-order valence-electron chi connectivity index (χ3n) is 8.65. The van der Waals surface area contributed by atoms with Crippen molar-refractivity contribution in [3.63, 3.8) is 0 Å². The third-order valence-corrected chi connectivity index (χ3v) is 8.65.